The second-order valence-electron chi connectivity index (χ2n) is 6.43. The molecule has 0 aliphatic carbocycles. The van der Waals surface area contributed by atoms with Crippen LogP contribution in [0, 0.1) is 11.3 Å². The number of nitrogens with zero attached hydrogens (tertiary/aromatic N) is 3. The lowest BCUT2D eigenvalue weighted by molar-refractivity contribution is 0.231. The van der Waals surface area contributed by atoms with Crippen molar-refractivity contribution in [1.29, 1.82) is 0 Å². The Labute approximate surface area is 120 Å². The summed E-state index contributed by atoms with van der Waals surface area (Å²) in [5.74, 6) is 1.36. The van der Waals surface area contributed by atoms with Gasteiger partial charge in [-0.3, -0.25) is 0 Å². The fourth-order valence-corrected chi connectivity index (χ4v) is 3.09. The van der Waals surface area contributed by atoms with E-state index < -0.39 is 0 Å². The van der Waals surface area contributed by atoms with E-state index in [0.717, 1.165) is 11.3 Å². The number of aromatic amines is 1. The number of rotatable bonds is 6. The Morgan fingerprint density at radius 2 is 2.00 bits per heavy atom. The molecule has 5 heteroatoms. The van der Waals surface area contributed by atoms with Crippen LogP contribution in [0.25, 0.3) is 11.2 Å². The summed E-state index contributed by atoms with van der Waals surface area (Å²) in [5.41, 5.74) is 1.80. The average molecular weight is 275 g/mol. The van der Waals surface area contributed by atoms with Gasteiger partial charge in [0, 0.05) is 6.04 Å². The standard InChI is InChI=1S/C15H25N5/c1-6-7-15(4,5)12(10(2)3)20-14-11-13(17-8-16-11)18-9-19-14/h8-10,12H,6-7H2,1-5H3,(H2,16,17,18,19,20)/t12-/m1/s1. The molecule has 0 aliphatic heterocycles. The molecule has 0 saturated heterocycles. The first-order valence-electron chi connectivity index (χ1n) is 7.36. The van der Waals surface area contributed by atoms with Gasteiger partial charge in [-0.25, -0.2) is 15.0 Å². The lowest BCUT2D eigenvalue weighted by Crippen LogP contribution is -2.40. The molecule has 5 nitrogen and oxygen atoms in total. The molecule has 0 saturated carbocycles. The van der Waals surface area contributed by atoms with Gasteiger partial charge < -0.3 is 10.3 Å². The molecule has 0 spiro atoms. The zero-order valence-corrected chi connectivity index (χ0v) is 13.1. The van der Waals surface area contributed by atoms with Gasteiger partial charge in [0.15, 0.2) is 11.5 Å². The summed E-state index contributed by atoms with van der Waals surface area (Å²) in [6, 6.07) is 0.351. The van der Waals surface area contributed by atoms with Crippen LogP contribution in [0.15, 0.2) is 12.7 Å². The van der Waals surface area contributed by atoms with Crippen LogP contribution in [0.1, 0.15) is 47.5 Å². The van der Waals surface area contributed by atoms with E-state index in [1.54, 1.807) is 12.7 Å². The molecule has 0 aliphatic rings. The van der Waals surface area contributed by atoms with Crippen molar-refractivity contribution < 1.29 is 0 Å². The number of H-pyrrole nitrogens is 1. The molecule has 1 atom stereocenters. The van der Waals surface area contributed by atoms with Crippen LogP contribution in [0.4, 0.5) is 5.82 Å². The Morgan fingerprint density at radius 3 is 2.65 bits per heavy atom. The summed E-state index contributed by atoms with van der Waals surface area (Å²) >= 11 is 0. The number of hydrogen-bond donors (Lipinski definition) is 2. The molecule has 0 fully saturated rings. The predicted octanol–water partition coefficient (Wildman–Crippen LogP) is 3.62. The van der Waals surface area contributed by atoms with Crippen LogP contribution in [0.2, 0.25) is 0 Å². The molecular weight excluding hydrogens is 250 g/mol. The minimum atomic E-state index is 0.209. The zero-order chi connectivity index (χ0) is 14.8. The lowest BCUT2D eigenvalue weighted by atomic mass is 9.75. The SMILES string of the molecule is CCCC(C)(C)[C@H](Nc1ncnc2nc[nH]c12)C(C)C. The highest BCUT2D eigenvalue weighted by Crippen LogP contribution is 2.33. The summed E-state index contributed by atoms with van der Waals surface area (Å²) in [6.07, 6.45) is 5.59. The average Bonchev–Trinajstić information content (AvgIpc) is 2.83. The monoisotopic (exact) mass is 275 g/mol. The third-order valence-electron chi connectivity index (χ3n) is 3.92. The molecule has 0 aromatic carbocycles. The van der Waals surface area contributed by atoms with E-state index in [-0.39, 0.29) is 5.41 Å². The van der Waals surface area contributed by atoms with E-state index in [2.05, 4.69) is 59.9 Å². The first kappa shape index (κ1) is 14.8. The van der Waals surface area contributed by atoms with Gasteiger partial charge in [0.2, 0.25) is 0 Å². The van der Waals surface area contributed by atoms with Crippen LogP contribution in [-0.2, 0) is 0 Å². The van der Waals surface area contributed by atoms with Gasteiger partial charge in [-0.1, -0.05) is 41.0 Å². The molecule has 2 N–H and O–H groups in total. The van der Waals surface area contributed by atoms with E-state index in [9.17, 15) is 0 Å². The molecule has 0 amide bonds. The molecular formula is C15H25N5. The maximum atomic E-state index is 4.38. The quantitative estimate of drug-likeness (QED) is 0.845. The van der Waals surface area contributed by atoms with Gasteiger partial charge in [-0.15, -0.1) is 0 Å². The number of nitrogens with one attached hydrogen (secondary N) is 2. The van der Waals surface area contributed by atoms with Gasteiger partial charge in [-0.2, -0.15) is 0 Å². The van der Waals surface area contributed by atoms with Crippen LogP contribution < -0.4 is 5.32 Å². The van der Waals surface area contributed by atoms with E-state index in [4.69, 9.17) is 0 Å². The van der Waals surface area contributed by atoms with Gasteiger partial charge in [0.1, 0.15) is 11.8 Å². The van der Waals surface area contributed by atoms with Crippen molar-refractivity contribution in [2.24, 2.45) is 11.3 Å². The molecule has 20 heavy (non-hydrogen) atoms. The van der Waals surface area contributed by atoms with Crippen molar-refractivity contribution in [2.75, 3.05) is 5.32 Å². The molecule has 2 aromatic rings. The van der Waals surface area contributed by atoms with Crippen molar-refractivity contribution in [3.8, 4) is 0 Å². The molecule has 2 heterocycles. The van der Waals surface area contributed by atoms with Crippen LogP contribution in [-0.4, -0.2) is 26.0 Å². The normalized spacial score (nSPS) is 13.9. The highest BCUT2D eigenvalue weighted by molar-refractivity contribution is 5.82. The summed E-state index contributed by atoms with van der Waals surface area (Å²) in [6.45, 7) is 11.4. The third-order valence-corrected chi connectivity index (χ3v) is 3.92. The maximum absolute atomic E-state index is 4.38. The molecule has 0 bridgehead atoms. The minimum Gasteiger partial charge on any atom is -0.365 e. The lowest BCUT2D eigenvalue weighted by Gasteiger charge is -2.38. The number of hydrogen-bond acceptors (Lipinski definition) is 4. The van der Waals surface area contributed by atoms with Crippen molar-refractivity contribution in [1.82, 2.24) is 19.9 Å². The number of imidazole rings is 1. The fraction of sp³-hybridized carbons (Fsp3) is 0.667. The number of fused-ring (bicyclic) bond motifs is 1. The summed E-state index contributed by atoms with van der Waals surface area (Å²) in [7, 11) is 0. The van der Waals surface area contributed by atoms with Crippen LogP contribution in [0.3, 0.4) is 0 Å². The molecule has 0 unspecified atom stereocenters. The Kier molecular flexibility index (Phi) is 4.26. The van der Waals surface area contributed by atoms with Crippen molar-refractivity contribution >= 4 is 17.0 Å². The van der Waals surface area contributed by atoms with Gasteiger partial charge >= 0.3 is 0 Å². The first-order chi connectivity index (χ1) is 9.45. The summed E-state index contributed by atoms with van der Waals surface area (Å²) in [5, 5.41) is 3.61. The largest absolute Gasteiger partial charge is 0.365 e. The fourth-order valence-electron chi connectivity index (χ4n) is 3.09. The Bertz CT molecular complexity index is 558. The smallest absolute Gasteiger partial charge is 0.182 e. The maximum Gasteiger partial charge on any atom is 0.182 e. The number of aromatic nitrogens is 4. The third kappa shape index (κ3) is 2.92. The van der Waals surface area contributed by atoms with E-state index >= 15 is 0 Å². The zero-order valence-electron chi connectivity index (χ0n) is 13.1. The Hall–Kier alpha value is -1.65. The minimum absolute atomic E-state index is 0.209. The van der Waals surface area contributed by atoms with Crippen LogP contribution in [0.5, 0.6) is 0 Å². The van der Waals surface area contributed by atoms with Crippen molar-refractivity contribution in [3.63, 3.8) is 0 Å². The molecule has 2 rings (SSSR count). The molecule has 0 radical (unpaired) electrons. The first-order valence-corrected chi connectivity index (χ1v) is 7.36. The summed E-state index contributed by atoms with van der Waals surface area (Å²) < 4.78 is 0. The molecule has 110 valence electrons. The predicted molar refractivity (Wildman–Crippen MR) is 82.6 cm³/mol. The van der Waals surface area contributed by atoms with Crippen molar-refractivity contribution in [3.05, 3.63) is 12.7 Å². The molecule has 2 aromatic heterocycles. The van der Waals surface area contributed by atoms with Gasteiger partial charge in [0.05, 0.1) is 6.33 Å². The van der Waals surface area contributed by atoms with E-state index in [1.165, 1.54) is 12.8 Å². The van der Waals surface area contributed by atoms with Crippen LogP contribution >= 0.6 is 0 Å². The van der Waals surface area contributed by atoms with E-state index in [1.807, 2.05) is 0 Å². The highest BCUT2D eigenvalue weighted by Gasteiger charge is 2.31. The van der Waals surface area contributed by atoms with Gasteiger partial charge in [0.25, 0.3) is 0 Å². The van der Waals surface area contributed by atoms with E-state index in [0.29, 0.717) is 17.6 Å². The van der Waals surface area contributed by atoms with Crippen molar-refractivity contribution in [2.45, 2.75) is 53.5 Å². The summed E-state index contributed by atoms with van der Waals surface area (Å²) in [4.78, 5) is 15.8. The second-order valence-corrected chi connectivity index (χ2v) is 6.43. The second kappa shape index (κ2) is 5.77. The van der Waals surface area contributed by atoms with Gasteiger partial charge in [-0.05, 0) is 17.8 Å². The Balaban J connectivity index is 2.31. The topological polar surface area (TPSA) is 66.5 Å². The Morgan fingerprint density at radius 1 is 1.25 bits per heavy atom. The number of anilines is 1. The highest BCUT2D eigenvalue weighted by atomic mass is 15.1.